The van der Waals surface area contributed by atoms with Gasteiger partial charge in [0.25, 0.3) is 5.56 Å². The van der Waals surface area contributed by atoms with E-state index >= 15 is 0 Å². The zero-order chi connectivity index (χ0) is 13.8. The van der Waals surface area contributed by atoms with Gasteiger partial charge in [0.2, 0.25) is 5.91 Å². The molecule has 0 aliphatic rings. The minimum absolute atomic E-state index is 0.0618. The van der Waals surface area contributed by atoms with Crippen LogP contribution in [0.2, 0.25) is 5.15 Å². The van der Waals surface area contributed by atoms with Crippen LogP contribution in [0.4, 0.5) is 10.1 Å². The minimum atomic E-state index is -0.461. The SMILES string of the molecule is O=C(Cn1cnc(Cl)cc1=O)Nc1cccc(F)c1. The van der Waals surface area contributed by atoms with Crippen molar-refractivity contribution in [3.05, 3.63) is 58.0 Å². The van der Waals surface area contributed by atoms with Crippen LogP contribution < -0.4 is 10.9 Å². The van der Waals surface area contributed by atoms with E-state index in [9.17, 15) is 14.0 Å². The predicted molar refractivity (Wildman–Crippen MR) is 68.5 cm³/mol. The van der Waals surface area contributed by atoms with E-state index in [1.165, 1.54) is 24.5 Å². The normalized spacial score (nSPS) is 10.2. The van der Waals surface area contributed by atoms with Crippen molar-refractivity contribution < 1.29 is 9.18 Å². The molecule has 5 nitrogen and oxygen atoms in total. The molecule has 0 atom stereocenters. The number of carbonyl (C=O) groups is 1. The molecule has 2 aromatic rings. The van der Waals surface area contributed by atoms with E-state index in [4.69, 9.17) is 11.6 Å². The minimum Gasteiger partial charge on any atom is -0.324 e. The third-order valence-corrected chi connectivity index (χ3v) is 2.48. The van der Waals surface area contributed by atoms with Gasteiger partial charge >= 0.3 is 0 Å². The van der Waals surface area contributed by atoms with Gasteiger partial charge in [-0.1, -0.05) is 17.7 Å². The average Bonchev–Trinajstić information content (AvgIpc) is 2.33. The predicted octanol–water partition coefficient (Wildman–Crippen LogP) is 1.67. The second-order valence-corrected chi connectivity index (χ2v) is 4.12. The van der Waals surface area contributed by atoms with Crippen LogP contribution in [-0.2, 0) is 11.3 Å². The standard InChI is InChI=1S/C12H9ClFN3O2/c13-10-5-12(19)17(7-15-10)6-11(18)16-9-3-1-2-8(14)4-9/h1-5,7H,6H2,(H,16,18). The zero-order valence-corrected chi connectivity index (χ0v) is 10.4. The van der Waals surface area contributed by atoms with Crippen molar-refractivity contribution in [2.45, 2.75) is 6.54 Å². The van der Waals surface area contributed by atoms with E-state index in [-0.39, 0.29) is 11.7 Å². The molecule has 0 bridgehead atoms. The van der Waals surface area contributed by atoms with Crippen LogP contribution in [0.25, 0.3) is 0 Å². The van der Waals surface area contributed by atoms with Gasteiger partial charge in [0, 0.05) is 11.8 Å². The molecule has 0 saturated heterocycles. The molecule has 1 heterocycles. The van der Waals surface area contributed by atoms with Crippen LogP contribution in [0.1, 0.15) is 0 Å². The number of carbonyl (C=O) groups excluding carboxylic acids is 1. The first-order valence-electron chi connectivity index (χ1n) is 5.32. The fraction of sp³-hybridized carbons (Fsp3) is 0.0833. The van der Waals surface area contributed by atoms with Crippen molar-refractivity contribution in [1.29, 1.82) is 0 Å². The number of halogens is 2. The molecule has 0 saturated carbocycles. The number of benzene rings is 1. The summed E-state index contributed by atoms with van der Waals surface area (Å²) in [6.07, 6.45) is 1.18. The van der Waals surface area contributed by atoms with Crippen LogP contribution in [0.15, 0.2) is 41.5 Å². The molecule has 0 fully saturated rings. The lowest BCUT2D eigenvalue weighted by atomic mass is 10.3. The molecule has 1 aromatic carbocycles. The number of amides is 1. The third kappa shape index (κ3) is 3.62. The fourth-order valence-electron chi connectivity index (χ4n) is 1.44. The fourth-order valence-corrected chi connectivity index (χ4v) is 1.58. The molecule has 2 rings (SSSR count). The molecule has 1 aromatic heterocycles. The lowest BCUT2D eigenvalue weighted by molar-refractivity contribution is -0.116. The summed E-state index contributed by atoms with van der Waals surface area (Å²) in [5.74, 6) is -0.917. The van der Waals surface area contributed by atoms with E-state index in [1.54, 1.807) is 6.07 Å². The number of aromatic nitrogens is 2. The summed E-state index contributed by atoms with van der Waals surface area (Å²) in [5, 5.41) is 2.54. The van der Waals surface area contributed by atoms with E-state index in [0.717, 1.165) is 10.6 Å². The van der Waals surface area contributed by atoms with Gasteiger partial charge in [0.05, 0.1) is 6.33 Å². The van der Waals surface area contributed by atoms with Crippen LogP contribution in [0, 0.1) is 5.82 Å². The molecule has 7 heteroatoms. The van der Waals surface area contributed by atoms with Crippen LogP contribution in [-0.4, -0.2) is 15.5 Å². The zero-order valence-electron chi connectivity index (χ0n) is 9.64. The van der Waals surface area contributed by atoms with Gasteiger partial charge in [0.15, 0.2) is 0 Å². The van der Waals surface area contributed by atoms with Crippen LogP contribution in [0.5, 0.6) is 0 Å². The highest BCUT2D eigenvalue weighted by atomic mass is 35.5. The summed E-state index contributed by atoms with van der Waals surface area (Å²) >= 11 is 5.53. The van der Waals surface area contributed by atoms with E-state index < -0.39 is 17.3 Å². The molecule has 0 aliphatic carbocycles. The lowest BCUT2D eigenvalue weighted by Crippen LogP contribution is -2.27. The molecule has 0 aliphatic heterocycles. The quantitative estimate of drug-likeness (QED) is 0.871. The van der Waals surface area contributed by atoms with Gasteiger partial charge < -0.3 is 5.32 Å². The molecule has 19 heavy (non-hydrogen) atoms. The maximum Gasteiger partial charge on any atom is 0.255 e. The summed E-state index contributed by atoms with van der Waals surface area (Å²) in [6, 6.07) is 6.58. The number of anilines is 1. The Labute approximate surface area is 112 Å². The molecular weight excluding hydrogens is 273 g/mol. The first-order valence-corrected chi connectivity index (χ1v) is 5.70. The molecule has 0 unspecified atom stereocenters. The van der Waals surface area contributed by atoms with Crippen molar-refractivity contribution in [3.63, 3.8) is 0 Å². The van der Waals surface area contributed by atoms with E-state index in [1.807, 2.05) is 0 Å². The Morgan fingerprint density at radius 2 is 2.21 bits per heavy atom. The molecule has 0 radical (unpaired) electrons. The van der Waals surface area contributed by atoms with Crippen LogP contribution in [0.3, 0.4) is 0 Å². The number of nitrogens with one attached hydrogen (secondary N) is 1. The number of rotatable bonds is 3. The highest BCUT2D eigenvalue weighted by molar-refractivity contribution is 6.29. The third-order valence-electron chi connectivity index (χ3n) is 2.27. The first-order chi connectivity index (χ1) is 9.04. The van der Waals surface area contributed by atoms with Gasteiger partial charge in [0.1, 0.15) is 17.5 Å². The molecule has 98 valence electrons. The Balaban J connectivity index is 2.07. The van der Waals surface area contributed by atoms with Crippen LogP contribution >= 0.6 is 11.6 Å². The van der Waals surface area contributed by atoms with Gasteiger partial charge in [-0.15, -0.1) is 0 Å². The molecule has 0 spiro atoms. The maximum absolute atomic E-state index is 12.9. The Morgan fingerprint density at radius 1 is 1.42 bits per heavy atom. The molecule has 1 amide bonds. The number of hydrogen-bond donors (Lipinski definition) is 1. The molecule has 1 N–H and O–H groups in total. The monoisotopic (exact) mass is 281 g/mol. The van der Waals surface area contributed by atoms with Crippen molar-refractivity contribution in [1.82, 2.24) is 9.55 Å². The Hall–Kier alpha value is -2.21. The first kappa shape index (κ1) is 13.2. The van der Waals surface area contributed by atoms with Gasteiger partial charge in [-0.3, -0.25) is 14.2 Å². The highest BCUT2D eigenvalue weighted by Gasteiger charge is 2.06. The van der Waals surface area contributed by atoms with Crippen molar-refractivity contribution in [3.8, 4) is 0 Å². The number of hydrogen-bond acceptors (Lipinski definition) is 3. The Morgan fingerprint density at radius 3 is 2.89 bits per heavy atom. The van der Waals surface area contributed by atoms with Gasteiger partial charge in [-0.05, 0) is 18.2 Å². The summed E-state index contributed by atoms with van der Waals surface area (Å²) in [7, 11) is 0. The van der Waals surface area contributed by atoms with Crippen molar-refractivity contribution in [2.24, 2.45) is 0 Å². The largest absolute Gasteiger partial charge is 0.324 e. The molecular formula is C12H9ClFN3O2. The van der Waals surface area contributed by atoms with E-state index in [0.29, 0.717) is 5.69 Å². The summed E-state index contributed by atoms with van der Waals surface area (Å²) < 4.78 is 14.0. The summed E-state index contributed by atoms with van der Waals surface area (Å²) in [6.45, 7) is -0.223. The van der Waals surface area contributed by atoms with Gasteiger partial charge in [-0.2, -0.15) is 0 Å². The maximum atomic E-state index is 12.9. The topological polar surface area (TPSA) is 64.0 Å². The van der Waals surface area contributed by atoms with E-state index in [2.05, 4.69) is 10.3 Å². The van der Waals surface area contributed by atoms with Crippen molar-refractivity contribution >= 4 is 23.2 Å². The van der Waals surface area contributed by atoms with Gasteiger partial charge in [-0.25, -0.2) is 9.37 Å². The Kier molecular flexibility index (Phi) is 3.91. The lowest BCUT2D eigenvalue weighted by Gasteiger charge is -2.06. The summed E-state index contributed by atoms with van der Waals surface area (Å²) in [5.41, 5.74) is -0.116. The Bertz CT molecular complexity index is 672. The van der Waals surface area contributed by atoms with Crippen molar-refractivity contribution in [2.75, 3.05) is 5.32 Å². The second kappa shape index (κ2) is 5.62. The second-order valence-electron chi connectivity index (χ2n) is 3.74. The average molecular weight is 282 g/mol. The summed E-state index contributed by atoms with van der Waals surface area (Å²) in [4.78, 5) is 26.9. The highest BCUT2D eigenvalue weighted by Crippen LogP contribution is 2.08. The smallest absolute Gasteiger partial charge is 0.255 e. The number of nitrogens with zero attached hydrogens (tertiary/aromatic N) is 2.